The van der Waals surface area contributed by atoms with Crippen molar-refractivity contribution in [1.82, 2.24) is 16.0 Å². The van der Waals surface area contributed by atoms with Crippen LogP contribution in [0.4, 0.5) is 0 Å². The van der Waals surface area contributed by atoms with E-state index >= 15 is 0 Å². The van der Waals surface area contributed by atoms with Crippen LogP contribution >= 0.6 is 0 Å². The monoisotopic (exact) mass is 591 g/mol. The largest absolute Gasteiger partial charge is 0.352 e. The minimum Gasteiger partial charge on any atom is -0.352 e. The first-order valence-corrected chi connectivity index (χ1v) is 16.3. The molecular weight excluding hydrogens is 534 g/mol. The van der Waals surface area contributed by atoms with Gasteiger partial charge in [0.15, 0.2) is 0 Å². The summed E-state index contributed by atoms with van der Waals surface area (Å²) in [4.78, 5) is 41.1. The summed E-state index contributed by atoms with van der Waals surface area (Å²) in [5.41, 5.74) is 3.42. The van der Waals surface area contributed by atoms with Crippen LogP contribution < -0.4 is 16.0 Å². The lowest BCUT2D eigenvalue weighted by atomic mass is 9.94. The second kappa shape index (κ2) is 22.2. The van der Waals surface area contributed by atoms with Crippen LogP contribution in [0.25, 0.3) is 0 Å². The molecule has 1 unspecified atom stereocenters. The maximum atomic E-state index is 14.0. The third kappa shape index (κ3) is 14.1. The molecule has 2 atom stereocenters. The number of rotatable bonds is 18. The molecule has 0 saturated heterocycles. The highest BCUT2D eigenvalue weighted by molar-refractivity contribution is 5.99. The molecule has 1 saturated carbocycles. The van der Waals surface area contributed by atoms with Crippen molar-refractivity contribution in [3.63, 3.8) is 0 Å². The molecule has 6 heteroatoms. The maximum Gasteiger partial charge on any atom is 0.251 e. The third-order valence-corrected chi connectivity index (χ3v) is 7.62. The third-order valence-electron chi connectivity index (χ3n) is 7.62. The normalized spacial score (nSPS) is 17.2. The van der Waals surface area contributed by atoms with Gasteiger partial charge in [-0.3, -0.25) is 14.4 Å². The lowest BCUT2D eigenvalue weighted by Gasteiger charge is -2.28. The highest BCUT2D eigenvalue weighted by Gasteiger charge is 2.29. The van der Waals surface area contributed by atoms with Crippen LogP contribution in [0.5, 0.6) is 0 Å². The molecule has 0 bridgehead atoms. The molecule has 3 N–H and O–H groups in total. The predicted molar refractivity (Wildman–Crippen MR) is 181 cm³/mol. The summed E-state index contributed by atoms with van der Waals surface area (Å²) in [6, 6.07) is -1.54. The Labute approximate surface area is 261 Å². The average Bonchev–Trinajstić information content (AvgIpc) is 3.00. The van der Waals surface area contributed by atoms with Gasteiger partial charge in [-0.25, -0.2) is 0 Å². The zero-order valence-corrected chi connectivity index (χ0v) is 27.6. The first kappa shape index (κ1) is 37.6. The number of carbonyl (C=O) groups is 3. The van der Waals surface area contributed by atoms with E-state index in [2.05, 4.69) is 48.5 Å². The number of allylic oxidation sites excluding steroid dienone is 9. The Hall–Kier alpha value is -3.41. The molecule has 0 aliphatic heterocycles. The fourth-order valence-electron chi connectivity index (χ4n) is 5.25. The molecule has 43 heavy (non-hydrogen) atoms. The maximum absolute atomic E-state index is 14.0. The van der Waals surface area contributed by atoms with E-state index in [9.17, 15) is 14.4 Å². The smallest absolute Gasteiger partial charge is 0.251 e. The van der Waals surface area contributed by atoms with Gasteiger partial charge in [0, 0.05) is 24.5 Å². The standard InChI is InChI=1S/C37H57N3O3/c1-8-15-22-28(20-10-3)26-33(36(42)38-32-24-18-17-19-25-32)40-37(43)34(27-31(21-11-4)29(12-5)13-6)39-35(41)30(14-7)23-16-9-2/h11-12,14-16,20-23,32-34H,5,8-10,13,17-19,24-27H2,1-4,6-7H3,(H,38,42)(H,39,41)(H,40,43)/b21-11-,22-15-,23-16-,28-20+,30-14+,31-29-/t33-,34?/m0/s1. The summed E-state index contributed by atoms with van der Waals surface area (Å²) >= 11 is 0. The average molecular weight is 592 g/mol. The molecule has 0 aromatic rings. The van der Waals surface area contributed by atoms with E-state index in [-0.39, 0.29) is 30.2 Å². The van der Waals surface area contributed by atoms with E-state index in [0.717, 1.165) is 68.1 Å². The highest BCUT2D eigenvalue weighted by atomic mass is 16.2. The van der Waals surface area contributed by atoms with E-state index in [1.165, 1.54) is 6.42 Å². The number of carbonyl (C=O) groups excluding carboxylic acids is 3. The molecular formula is C37H57N3O3. The van der Waals surface area contributed by atoms with Crippen molar-refractivity contribution in [2.45, 2.75) is 130 Å². The summed E-state index contributed by atoms with van der Waals surface area (Å²) in [7, 11) is 0. The Bertz CT molecular complexity index is 1080. The van der Waals surface area contributed by atoms with Gasteiger partial charge in [0.25, 0.3) is 5.91 Å². The van der Waals surface area contributed by atoms with Crippen molar-refractivity contribution >= 4 is 17.7 Å². The highest BCUT2D eigenvalue weighted by Crippen LogP contribution is 2.20. The van der Waals surface area contributed by atoms with E-state index in [1.807, 2.05) is 45.1 Å². The fourth-order valence-corrected chi connectivity index (χ4v) is 5.25. The van der Waals surface area contributed by atoms with E-state index in [4.69, 9.17) is 0 Å². The molecule has 1 aliphatic rings. The SMILES string of the molecule is C=C/C(CC)=C(\C=C/C)CC(NC(=O)C(/C=C\CC)=C/C)C(=O)N[C@@H](CC(/C=C\CC)=C/CC)C(=O)NC1CCCCC1. The van der Waals surface area contributed by atoms with Crippen molar-refractivity contribution in [1.29, 1.82) is 0 Å². The lowest BCUT2D eigenvalue weighted by molar-refractivity contribution is -0.131. The number of nitrogens with one attached hydrogen (secondary N) is 3. The minimum absolute atomic E-state index is 0.118. The van der Waals surface area contributed by atoms with Crippen molar-refractivity contribution in [3.05, 3.63) is 83.6 Å². The molecule has 238 valence electrons. The Kier molecular flexibility index (Phi) is 19.4. The first-order chi connectivity index (χ1) is 20.8. The van der Waals surface area contributed by atoms with Gasteiger partial charge in [0.05, 0.1) is 0 Å². The second-order valence-corrected chi connectivity index (χ2v) is 11.0. The number of hydrogen-bond acceptors (Lipinski definition) is 3. The van der Waals surface area contributed by atoms with Crippen LogP contribution in [-0.2, 0) is 14.4 Å². The van der Waals surface area contributed by atoms with Gasteiger partial charge >= 0.3 is 0 Å². The summed E-state index contributed by atoms with van der Waals surface area (Å²) in [5, 5.41) is 9.23. The van der Waals surface area contributed by atoms with Crippen LogP contribution in [0, 0.1) is 0 Å². The minimum atomic E-state index is -0.889. The summed E-state index contributed by atoms with van der Waals surface area (Å²) < 4.78 is 0. The molecule has 0 radical (unpaired) electrons. The van der Waals surface area contributed by atoms with Crippen LogP contribution in [0.2, 0.25) is 0 Å². The van der Waals surface area contributed by atoms with Crippen LogP contribution in [0.1, 0.15) is 112 Å². The Morgan fingerprint density at radius 1 is 0.791 bits per heavy atom. The topological polar surface area (TPSA) is 87.3 Å². The van der Waals surface area contributed by atoms with Crippen LogP contribution in [-0.4, -0.2) is 35.8 Å². The fraction of sp³-hybridized carbons (Fsp3) is 0.541. The lowest BCUT2D eigenvalue weighted by Crippen LogP contribution is -2.55. The molecule has 1 rings (SSSR count). The van der Waals surface area contributed by atoms with Gasteiger partial charge < -0.3 is 16.0 Å². The predicted octanol–water partition coefficient (Wildman–Crippen LogP) is 7.87. The van der Waals surface area contributed by atoms with Gasteiger partial charge in [0.2, 0.25) is 11.8 Å². The number of amides is 3. The molecule has 0 aromatic carbocycles. The molecule has 0 aromatic heterocycles. The Balaban J connectivity index is 3.47. The second-order valence-electron chi connectivity index (χ2n) is 11.0. The molecule has 1 aliphatic carbocycles. The molecule has 3 amide bonds. The summed E-state index contributed by atoms with van der Waals surface area (Å²) in [5.74, 6) is -0.893. The van der Waals surface area contributed by atoms with Gasteiger partial charge in [-0.05, 0) is 69.1 Å². The molecule has 6 nitrogen and oxygen atoms in total. The van der Waals surface area contributed by atoms with Crippen molar-refractivity contribution < 1.29 is 14.4 Å². The Morgan fingerprint density at radius 3 is 2.00 bits per heavy atom. The summed E-state index contributed by atoms with van der Waals surface area (Å²) in [6.07, 6.45) is 26.5. The summed E-state index contributed by atoms with van der Waals surface area (Å²) in [6.45, 7) is 15.9. The molecule has 0 spiro atoms. The van der Waals surface area contributed by atoms with Crippen molar-refractivity contribution in [3.8, 4) is 0 Å². The van der Waals surface area contributed by atoms with E-state index in [0.29, 0.717) is 12.0 Å². The first-order valence-electron chi connectivity index (χ1n) is 16.3. The molecule has 0 heterocycles. The Morgan fingerprint density at radius 2 is 1.44 bits per heavy atom. The van der Waals surface area contributed by atoms with Crippen LogP contribution in [0.3, 0.4) is 0 Å². The van der Waals surface area contributed by atoms with Crippen molar-refractivity contribution in [2.24, 2.45) is 0 Å². The quantitative estimate of drug-likeness (QED) is 0.112. The number of hydrogen-bond donors (Lipinski definition) is 3. The molecule has 1 fully saturated rings. The van der Waals surface area contributed by atoms with Gasteiger partial charge in [0.1, 0.15) is 12.1 Å². The zero-order valence-electron chi connectivity index (χ0n) is 27.6. The van der Waals surface area contributed by atoms with Gasteiger partial charge in [-0.15, -0.1) is 0 Å². The van der Waals surface area contributed by atoms with Crippen molar-refractivity contribution in [2.75, 3.05) is 0 Å². The van der Waals surface area contributed by atoms with Crippen LogP contribution in [0.15, 0.2) is 83.6 Å². The zero-order chi connectivity index (χ0) is 32.0. The van der Waals surface area contributed by atoms with Gasteiger partial charge in [-0.1, -0.05) is 108 Å². The van der Waals surface area contributed by atoms with Gasteiger partial charge in [-0.2, -0.15) is 0 Å². The van der Waals surface area contributed by atoms with E-state index < -0.39 is 12.1 Å². The van der Waals surface area contributed by atoms with E-state index in [1.54, 1.807) is 25.2 Å².